The van der Waals surface area contributed by atoms with Gasteiger partial charge in [-0.25, -0.2) is 4.98 Å². The topological polar surface area (TPSA) is 50.7 Å². The summed E-state index contributed by atoms with van der Waals surface area (Å²) in [6.07, 6.45) is 0. The van der Waals surface area contributed by atoms with Gasteiger partial charge >= 0.3 is 0 Å². The molecule has 0 spiro atoms. The van der Waals surface area contributed by atoms with E-state index in [1.165, 1.54) is 27.6 Å². The summed E-state index contributed by atoms with van der Waals surface area (Å²) >= 11 is 0. The molecule has 0 unspecified atom stereocenters. The van der Waals surface area contributed by atoms with Crippen LogP contribution < -0.4 is 0 Å². The number of fused-ring (bicyclic) bond motifs is 8. The van der Waals surface area contributed by atoms with Crippen LogP contribution in [0.15, 0.2) is 101 Å². The number of furan rings is 1. The van der Waals surface area contributed by atoms with Crippen molar-refractivity contribution in [3.8, 4) is 39.1 Å². The highest BCUT2D eigenvalue weighted by atomic mass is 16.3. The van der Waals surface area contributed by atoms with Gasteiger partial charge in [0, 0.05) is 27.5 Å². The third-order valence-electron chi connectivity index (χ3n) is 11.1. The van der Waals surface area contributed by atoms with Crippen molar-refractivity contribution in [2.75, 3.05) is 0 Å². The first-order valence-corrected chi connectivity index (χ1v) is 18.8. The van der Waals surface area contributed by atoms with Gasteiger partial charge in [0.1, 0.15) is 17.2 Å². The molecule has 53 heavy (non-hydrogen) atoms. The molecular weight excluding hydrogens is 649 g/mol. The zero-order valence-electron chi connectivity index (χ0n) is 33.0. The number of nitrogens with zero attached hydrogens (tertiary/aromatic N) is 2. The fraction of sp³-hybridized carbons (Fsp3) is 0.286. The molecule has 0 amide bonds. The van der Waals surface area contributed by atoms with Gasteiger partial charge < -0.3 is 9.52 Å². The largest absolute Gasteiger partial charge is 0.507 e. The quantitative estimate of drug-likeness (QED) is 0.200. The smallest absolute Gasteiger partial charge is 0.214 e. The molecule has 0 atom stereocenters. The van der Waals surface area contributed by atoms with E-state index >= 15 is 0 Å². The van der Waals surface area contributed by atoms with Crippen LogP contribution in [-0.4, -0.2) is 14.5 Å². The van der Waals surface area contributed by atoms with Gasteiger partial charge in [-0.2, -0.15) is 0 Å². The van der Waals surface area contributed by atoms with Crippen LogP contribution in [0.25, 0.3) is 71.9 Å². The van der Waals surface area contributed by atoms with E-state index in [2.05, 4.69) is 147 Å². The van der Waals surface area contributed by atoms with E-state index < -0.39 is 0 Å². The predicted octanol–water partition coefficient (Wildman–Crippen LogP) is 13.6. The van der Waals surface area contributed by atoms with Crippen LogP contribution in [0, 0.1) is 13.8 Å². The average Bonchev–Trinajstić information content (AvgIpc) is 3.64. The molecule has 0 saturated carbocycles. The van der Waals surface area contributed by atoms with Crippen molar-refractivity contribution in [1.29, 1.82) is 0 Å². The second-order valence-corrected chi connectivity index (χ2v) is 18.0. The van der Waals surface area contributed by atoms with Crippen molar-refractivity contribution >= 4 is 38.6 Å². The lowest BCUT2D eigenvalue weighted by Crippen LogP contribution is -2.17. The van der Waals surface area contributed by atoms with Gasteiger partial charge in [0.15, 0.2) is 0 Å². The molecule has 0 aliphatic rings. The minimum atomic E-state index is -0.136. The van der Waals surface area contributed by atoms with Gasteiger partial charge in [-0.15, -0.1) is 0 Å². The molecular formula is C49H50N2O2. The van der Waals surface area contributed by atoms with E-state index in [1.807, 2.05) is 30.3 Å². The van der Waals surface area contributed by atoms with Crippen molar-refractivity contribution in [2.24, 2.45) is 0 Å². The highest BCUT2D eigenvalue weighted by molar-refractivity contribution is 6.16. The highest BCUT2D eigenvalue weighted by Gasteiger charge is 2.29. The molecule has 0 radical (unpaired) electrons. The number of rotatable bonds is 3. The number of benzene rings is 5. The van der Waals surface area contributed by atoms with Gasteiger partial charge in [0.05, 0.1) is 16.4 Å². The monoisotopic (exact) mass is 698 g/mol. The predicted molar refractivity (Wildman–Crippen MR) is 224 cm³/mol. The molecule has 3 aromatic heterocycles. The molecule has 1 N–H and O–H groups in total. The fourth-order valence-electron chi connectivity index (χ4n) is 7.84. The summed E-state index contributed by atoms with van der Waals surface area (Å²) in [5.41, 5.74) is 14.4. The molecule has 0 aliphatic heterocycles. The lowest BCUT2D eigenvalue weighted by molar-refractivity contribution is 0.477. The van der Waals surface area contributed by atoms with Crippen LogP contribution >= 0.6 is 0 Å². The molecule has 0 bridgehead atoms. The molecule has 268 valence electrons. The van der Waals surface area contributed by atoms with Crippen LogP contribution in [0.3, 0.4) is 0 Å². The Kier molecular flexibility index (Phi) is 7.75. The van der Waals surface area contributed by atoms with Crippen LogP contribution in [0.5, 0.6) is 5.75 Å². The van der Waals surface area contributed by atoms with Gasteiger partial charge in [0.25, 0.3) is 0 Å². The third-order valence-corrected chi connectivity index (χ3v) is 11.1. The van der Waals surface area contributed by atoms with Gasteiger partial charge in [-0.1, -0.05) is 129 Å². The maximum Gasteiger partial charge on any atom is 0.214 e. The van der Waals surface area contributed by atoms with E-state index in [0.29, 0.717) is 0 Å². The number of phenolic OH excluding ortho intramolecular Hbond substituents is 1. The Morgan fingerprint density at radius 3 is 1.91 bits per heavy atom. The van der Waals surface area contributed by atoms with Gasteiger partial charge in [0.2, 0.25) is 5.71 Å². The number of aromatic hydroxyl groups is 1. The Morgan fingerprint density at radius 1 is 0.585 bits per heavy atom. The molecule has 5 aromatic carbocycles. The third kappa shape index (κ3) is 5.71. The summed E-state index contributed by atoms with van der Waals surface area (Å²) in [7, 11) is 0. The Balaban J connectivity index is 1.47. The molecule has 0 aliphatic carbocycles. The van der Waals surface area contributed by atoms with Crippen molar-refractivity contribution in [3.63, 3.8) is 0 Å². The summed E-state index contributed by atoms with van der Waals surface area (Å²) in [4.78, 5) is 5.57. The summed E-state index contributed by atoms with van der Waals surface area (Å²) < 4.78 is 8.94. The lowest BCUT2D eigenvalue weighted by Gasteiger charge is -2.27. The Labute approximate surface area is 313 Å². The van der Waals surface area contributed by atoms with Crippen molar-refractivity contribution in [3.05, 3.63) is 125 Å². The first-order valence-electron chi connectivity index (χ1n) is 18.8. The summed E-state index contributed by atoms with van der Waals surface area (Å²) in [6, 6.07) is 34.2. The normalized spacial score (nSPS) is 12.9. The van der Waals surface area contributed by atoms with Crippen molar-refractivity contribution in [1.82, 2.24) is 9.38 Å². The number of phenols is 1. The minimum Gasteiger partial charge on any atom is -0.507 e. The zero-order valence-corrected chi connectivity index (χ0v) is 33.0. The second kappa shape index (κ2) is 11.8. The highest BCUT2D eigenvalue weighted by Crippen LogP contribution is 2.45. The molecule has 4 heteroatoms. The molecule has 0 saturated heterocycles. The van der Waals surface area contributed by atoms with E-state index in [-0.39, 0.29) is 22.0 Å². The Hall–Kier alpha value is -5.35. The van der Waals surface area contributed by atoms with E-state index in [4.69, 9.17) is 9.40 Å². The van der Waals surface area contributed by atoms with Gasteiger partial charge in [-0.3, -0.25) is 4.40 Å². The number of para-hydroxylation sites is 1. The lowest BCUT2D eigenvalue weighted by atomic mass is 9.77. The molecule has 8 rings (SSSR count). The average molecular weight is 699 g/mol. The summed E-state index contributed by atoms with van der Waals surface area (Å²) in [6.45, 7) is 24.8. The number of hydrogen-bond acceptors (Lipinski definition) is 3. The Bertz CT molecular complexity index is 2740. The number of aryl methyl sites for hydroxylation is 2. The van der Waals surface area contributed by atoms with E-state index in [1.54, 1.807) is 0 Å². The fourth-order valence-corrected chi connectivity index (χ4v) is 7.84. The maximum absolute atomic E-state index is 11.3. The second-order valence-electron chi connectivity index (χ2n) is 18.0. The SMILES string of the molecule is Cc1oc2c(c1C)c1c(C(C)(C)C)cc(C(C)(C)C)cc1c1nc3c(-c4cc(-c5cc(-c6ccccc6)ccc5O)cc(C(C)(C)C)c4)cccc3n12. The summed E-state index contributed by atoms with van der Waals surface area (Å²) in [5.74, 6) is 1.18. The van der Waals surface area contributed by atoms with E-state index in [9.17, 15) is 5.11 Å². The van der Waals surface area contributed by atoms with Crippen LogP contribution in [0.1, 0.15) is 90.3 Å². The van der Waals surface area contributed by atoms with Crippen molar-refractivity contribution < 1.29 is 9.52 Å². The first kappa shape index (κ1) is 34.7. The Morgan fingerprint density at radius 2 is 1.25 bits per heavy atom. The van der Waals surface area contributed by atoms with Crippen LogP contribution in [0.4, 0.5) is 0 Å². The van der Waals surface area contributed by atoms with Crippen LogP contribution in [-0.2, 0) is 16.2 Å². The van der Waals surface area contributed by atoms with Crippen molar-refractivity contribution in [2.45, 2.75) is 92.4 Å². The number of hydrogen-bond donors (Lipinski definition) is 1. The van der Waals surface area contributed by atoms with E-state index in [0.717, 1.165) is 72.3 Å². The molecule has 3 heterocycles. The van der Waals surface area contributed by atoms with Crippen LogP contribution in [0.2, 0.25) is 0 Å². The maximum atomic E-state index is 11.3. The minimum absolute atomic E-state index is 0.0498. The first-order chi connectivity index (χ1) is 24.9. The molecule has 0 fully saturated rings. The summed E-state index contributed by atoms with van der Waals surface area (Å²) in [5, 5.41) is 14.8. The van der Waals surface area contributed by atoms with Gasteiger partial charge in [-0.05, 0) is 99.4 Å². The number of imidazole rings is 1. The zero-order chi connectivity index (χ0) is 37.8. The standard InChI is InChI=1S/C49H50N2O2/c1-28-29(2)53-46-42(28)43-38(26-35(48(6,7)8)27-39(43)49(9,10)11)45-50-44-36(18-15-19-40(44)51(45)46)32-22-33(24-34(23-32)47(3,4)5)37-25-31(20-21-41(37)52)30-16-13-12-14-17-30/h12-27,52H,1-11H3. The number of aromatic nitrogens is 2. The molecule has 4 nitrogen and oxygen atoms in total. The number of pyridine rings is 1. The molecule has 8 aromatic rings.